The molecule has 0 aliphatic rings. The van der Waals surface area contributed by atoms with Crippen molar-refractivity contribution in [2.24, 2.45) is 0 Å². The van der Waals surface area contributed by atoms with Crippen LogP contribution in [-0.2, 0) is 28.3 Å². The van der Waals surface area contributed by atoms with Gasteiger partial charge in [-0.2, -0.15) is 5.26 Å². The summed E-state index contributed by atoms with van der Waals surface area (Å²) >= 11 is 5.79. The van der Waals surface area contributed by atoms with Gasteiger partial charge in [-0.05, 0) is 36.1 Å². The molecule has 0 amide bonds. The van der Waals surface area contributed by atoms with E-state index in [0.717, 1.165) is 23.1 Å². The van der Waals surface area contributed by atoms with Crippen LogP contribution in [-0.4, -0.2) is 12.6 Å². The fourth-order valence-electron chi connectivity index (χ4n) is 1.86. The second-order valence-electron chi connectivity index (χ2n) is 3.86. The minimum Gasteiger partial charge on any atom is -0.466 e. The van der Waals surface area contributed by atoms with Crippen molar-refractivity contribution >= 4 is 17.6 Å². The van der Waals surface area contributed by atoms with E-state index in [2.05, 4.69) is 6.07 Å². The van der Waals surface area contributed by atoms with Gasteiger partial charge in [-0.1, -0.05) is 13.0 Å². The molecule has 0 bridgehead atoms. The average Bonchev–Trinajstić information content (AvgIpc) is 2.39. The summed E-state index contributed by atoms with van der Waals surface area (Å²) in [4.78, 5) is 11.5. The van der Waals surface area contributed by atoms with Crippen LogP contribution in [0.4, 0.5) is 0 Å². The first-order valence-electron chi connectivity index (χ1n) is 5.92. The summed E-state index contributed by atoms with van der Waals surface area (Å²) in [5.41, 5.74) is 3.15. The molecule has 1 rings (SSSR count). The molecule has 96 valence electrons. The Bertz CT molecular complexity index is 477. The highest BCUT2D eigenvalue weighted by molar-refractivity contribution is 6.17. The first-order chi connectivity index (χ1) is 8.65. The summed E-state index contributed by atoms with van der Waals surface area (Å²) in [6.45, 7) is 4.10. The number of nitrogens with zero attached hydrogens (tertiary/aromatic N) is 1. The highest BCUT2D eigenvalue weighted by atomic mass is 35.5. The molecule has 1 aromatic carbocycles. The quantitative estimate of drug-likeness (QED) is 0.607. The Balaban J connectivity index is 3.15. The average molecular weight is 266 g/mol. The maximum atomic E-state index is 11.5. The molecule has 0 aromatic heterocycles. The van der Waals surface area contributed by atoms with Gasteiger partial charge in [-0.15, -0.1) is 11.6 Å². The lowest BCUT2D eigenvalue weighted by molar-refractivity contribution is -0.142. The number of hydrogen-bond acceptors (Lipinski definition) is 3. The van der Waals surface area contributed by atoms with E-state index >= 15 is 0 Å². The number of alkyl halides is 1. The van der Waals surface area contributed by atoms with Crippen LogP contribution in [0.2, 0.25) is 0 Å². The molecule has 0 radical (unpaired) electrons. The van der Waals surface area contributed by atoms with E-state index < -0.39 is 0 Å². The Morgan fingerprint density at radius 1 is 1.44 bits per heavy atom. The molecule has 0 fully saturated rings. The van der Waals surface area contributed by atoms with Crippen molar-refractivity contribution in [2.45, 2.75) is 32.6 Å². The third kappa shape index (κ3) is 3.48. The smallest absolute Gasteiger partial charge is 0.310 e. The van der Waals surface area contributed by atoms with E-state index in [9.17, 15) is 4.79 Å². The van der Waals surface area contributed by atoms with Gasteiger partial charge in [0.2, 0.25) is 0 Å². The molecule has 0 N–H and O–H groups in total. The number of carbonyl (C=O) groups is 1. The Kier molecular flexibility index (Phi) is 5.67. The number of aryl methyl sites for hydroxylation is 1. The van der Waals surface area contributed by atoms with Gasteiger partial charge in [0.1, 0.15) is 0 Å². The number of rotatable bonds is 5. The van der Waals surface area contributed by atoms with Crippen molar-refractivity contribution in [1.82, 2.24) is 0 Å². The number of hydrogen-bond donors (Lipinski definition) is 0. The first kappa shape index (κ1) is 14.5. The molecule has 0 unspecified atom stereocenters. The summed E-state index contributed by atoms with van der Waals surface area (Å²) < 4.78 is 4.93. The monoisotopic (exact) mass is 265 g/mol. The van der Waals surface area contributed by atoms with E-state index in [1.165, 1.54) is 0 Å². The minimum atomic E-state index is -0.303. The number of ether oxygens (including phenoxy) is 1. The molecule has 0 aliphatic heterocycles. The summed E-state index contributed by atoms with van der Waals surface area (Å²) in [5.74, 6) is 0.0591. The lowest BCUT2D eigenvalue weighted by Gasteiger charge is -2.11. The maximum Gasteiger partial charge on any atom is 0.310 e. The standard InChI is InChI=1S/C14H16ClNO2/c1-3-11-5-10(8-15)6-12(9-16)13(11)7-14(17)18-4-2/h5-6H,3-4,7-8H2,1-2H3. The second kappa shape index (κ2) is 7.03. The molecular formula is C14H16ClNO2. The third-order valence-corrected chi connectivity index (χ3v) is 2.99. The molecule has 1 aromatic rings. The largest absolute Gasteiger partial charge is 0.466 e. The molecule has 18 heavy (non-hydrogen) atoms. The minimum absolute atomic E-state index is 0.141. The van der Waals surface area contributed by atoms with Crippen LogP contribution < -0.4 is 0 Å². The van der Waals surface area contributed by atoms with E-state index in [-0.39, 0.29) is 12.4 Å². The number of benzene rings is 1. The highest BCUT2D eigenvalue weighted by Crippen LogP contribution is 2.20. The van der Waals surface area contributed by atoms with Crippen LogP contribution in [0, 0.1) is 11.3 Å². The van der Waals surface area contributed by atoms with Gasteiger partial charge in [0.25, 0.3) is 0 Å². The molecule has 0 saturated heterocycles. The fraction of sp³-hybridized carbons (Fsp3) is 0.429. The Hall–Kier alpha value is -1.53. The topological polar surface area (TPSA) is 50.1 Å². The van der Waals surface area contributed by atoms with Crippen LogP contribution in [0.1, 0.15) is 36.1 Å². The molecule has 3 nitrogen and oxygen atoms in total. The van der Waals surface area contributed by atoms with Crippen LogP contribution >= 0.6 is 11.6 Å². The van der Waals surface area contributed by atoms with Gasteiger partial charge >= 0.3 is 5.97 Å². The van der Waals surface area contributed by atoms with Crippen molar-refractivity contribution in [3.8, 4) is 6.07 Å². The van der Waals surface area contributed by atoms with Crippen LogP contribution in [0.5, 0.6) is 0 Å². The first-order valence-corrected chi connectivity index (χ1v) is 6.46. The van der Waals surface area contributed by atoms with Gasteiger partial charge in [0.05, 0.1) is 24.7 Å². The zero-order valence-electron chi connectivity index (χ0n) is 10.6. The summed E-state index contributed by atoms with van der Waals surface area (Å²) in [6.07, 6.45) is 0.899. The van der Waals surface area contributed by atoms with Crippen molar-refractivity contribution in [1.29, 1.82) is 5.26 Å². The van der Waals surface area contributed by atoms with Crippen molar-refractivity contribution < 1.29 is 9.53 Å². The molecular weight excluding hydrogens is 250 g/mol. The molecule has 4 heteroatoms. The van der Waals surface area contributed by atoms with Crippen molar-refractivity contribution in [3.05, 3.63) is 34.4 Å². The van der Waals surface area contributed by atoms with E-state index in [0.29, 0.717) is 18.1 Å². The molecule has 0 atom stereocenters. The summed E-state index contributed by atoms with van der Waals surface area (Å²) in [5, 5.41) is 9.16. The second-order valence-corrected chi connectivity index (χ2v) is 4.13. The SMILES string of the molecule is CCOC(=O)Cc1c(C#N)cc(CCl)cc1CC. The zero-order chi connectivity index (χ0) is 13.5. The third-order valence-electron chi connectivity index (χ3n) is 2.68. The summed E-state index contributed by atoms with van der Waals surface area (Å²) in [7, 11) is 0. The van der Waals surface area contributed by atoms with E-state index in [1.54, 1.807) is 13.0 Å². The van der Waals surface area contributed by atoms with E-state index in [4.69, 9.17) is 21.6 Å². The van der Waals surface area contributed by atoms with Crippen LogP contribution in [0.15, 0.2) is 12.1 Å². The Labute approximate surface area is 112 Å². The van der Waals surface area contributed by atoms with Gasteiger partial charge in [0, 0.05) is 5.88 Å². The number of halogens is 1. The molecule has 0 aliphatic carbocycles. The molecule has 0 saturated carbocycles. The van der Waals surface area contributed by atoms with Crippen LogP contribution in [0.3, 0.4) is 0 Å². The fourth-order valence-corrected chi connectivity index (χ4v) is 2.01. The lowest BCUT2D eigenvalue weighted by Crippen LogP contribution is -2.11. The van der Waals surface area contributed by atoms with Gasteiger partial charge in [-0.25, -0.2) is 0 Å². The Morgan fingerprint density at radius 2 is 2.17 bits per heavy atom. The normalized spacial score (nSPS) is 9.89. The number of esters is 1. The van der Waals surface area contributed by atoms with Gasteiger partial charge in [0.15, 0.2) is 0 Å². The summed E-state index contributed by atoms with van der Waals surface area (Å²) in [6, 6.07) is 5.81. The lowest BCUT2D eigenvalue weighted by atomic mass is 9.95. The predicted octanol–water partition coefficient (Wildman–Crippen LogP) is 2.97. The maximum absolute atomic E-state index is 11.5. The van der Waals surface area contributed by atoms with Crippen molar-refractivity contribution in [2.75, 3.05) is 6.61 Å². The predicted molar refractivity (Wildman–Crippen MR) is 70.4 cm³/mol. The van der Waals surface area contributed by atoms with E-state index in [1.807, 2.05) is 13.0 Å². The van der Waals surface area contributed by atoms with Gasteiger partial charge < -0.3 is 4.74 Å². The molecule has 0 heterocycles. The highest BCUT2D eigenvalue weighted by Gasteiger charge is 2.14. The number of carbonyl (C=O) groups excluding carboxylic acids is 1. The Morgan fingerprint density at radius 3 is 2.67 bits per heavy atom. The van der Waals surface area contributed by atoms with Crippen LogP contribution in [0.25, 0.3) is 0 Å². The molecule has 0 spiro atoms. The van der Waals surface area contributed by atoms with Gasteiger partial charge in [-0.3, -0.25) is 4.79 Å². The number of nitriles is 1. The van der Waals surface area contributed by atoms with Crippen molar-refractivity contribution in [3.63, 3.8) is 0 Å². The zero-order valence-corrected chi connectivity index (χ0v) is 11.4.